The Bertz CT molecular complexity index is 1130. The van der Waals surface area contributed by atoms with Crippen LogP contribution in [0.3, 0.4) is 0 Å². The molecule has 0 saturated carbocycles. The topological polar surface area (TPSA) is 49.4 Å². The molecule has 3 aromatic carbocycles. The number of carbonyl (C=O) groups is 2. The van der Waals surface area contributed by atoms with E-state index in [0.717, 1.165) is 22.3 Å². The summed E-state index contributed by atoms with van der Waals surface area (Å²) in [6, 6.07) is 22.3. The molecule has 0 aliphatic heterocycles. The van der Waals surface area contributed by atoms with E-state index in [1.807, 2.05) is 81.4 Å². The summed E-state index contributed by atoms with van der Waals surface area (Å²) in [6.07, 6.45) is 0.607. The highest BCUT2D eigenvalue weighted by Gasteiger charge is 2.30. The molecule has 1 atom stereocenters. The average molecular weight is 511 g/mol. The van der Waals surface area contributed by atoms with Gasteiger partial charge in [-0.05, 0) is 41.7 Å². The Hall–Kier alpha value is -2.82. The quantitative estimate of drug-likeness (QED) is 0.350. The van der Waals surface area contributed by atoms with Gasteiger partial charge in [0.2, 0.25) is 11.8 Å². The summed E-state index contributed by atoms with van der Waals surface area (Å²) in [4.78, 5) is 28.8. The zero-order valence-corrected chi connectivity index (χ0v) is 21.9. The molecule has 0 radical (unpaired) electrons. The first kappa shape index (κ1) is 26.8. The molecule has 6 heteroatoms. The molecule has 0 fully saturated rings. The van der Waals surface area contributed by atoms with Gasteiger partial charge in [-0.2, -0.15) is 0 Å². The lowest BCUT2D eigenvalue weighted by molar-refractivity contribution is -0.140. The summed E-state index contributed by atoms with van der Waals surface area (Å²) in [7, 11) is 0. The Morgan fingerprint density at radius 1 is 0.857 bits per heavy atom. The van der Waals surface area contributed by atoms with Gasteiger partial charge in [-0.25, -0.2) is 0 Å². The van der Waals surface area contributed by atoms with E-state index in [9.17, 15) is 9.59 Å². The molecule has 1 unspecified atom stereocenters. The molecule has 3 aromatic rings. The summed E-state index contributed by atoms with van der Waals surface area (Å²) in [6.45, 7) is 6.88. The molecule has 0 aromatic heterocycles. The van der Waals surface area contributed by atoms with Gasteiger partial charge in [-0.15, -0.1) is 0 Å². The summed E-state index contributed by atoms with van der Waals surface area (Å²) in [5.41, 5.74) is 3.83. The molecular weight excluding hydrogens is 479 g/mol. The number of nitrogens with one attached hydrogen (secondary N) is 1. The predicted octanol–water partition coefficient (Wildman–Crippen LogP) is 6.26. The number of rotatable bonds is 10. The van der Waals surface area contributed by atoms with Crippen LogP contribution in [0.25, 0.3) is 0 Å². The van der Waals surface area contributed by atoms with Crippen molar-refractivity contribution in [2.45, 2.75) is 46.2 Å². The van der Waals surface area contributed by atoms with Crippen molar-refractivity contribution in [2.24, 2.45) is 5.92 Å². The SMILES string of the molecule is Cc1ccc(CC(=O)N(Cc2ccc(Cl)c(Cl)c2)C(Cc2ccccc2)C(=O)NCC(C)C)cc1. The molecule has 184 valence electrons. The second-order valence-electron chi connectivity index (χ2n) is 9.28. The van der Waals surface area contributed by atoms with Crippen molar-refractivity contribution in [1.29, 1.82) is 0 Å². The third-order valence-corrected chi connectivity index (χ3v) is 6.51. The first-order valence-electron chi connectivity index (χ1n) is 11.8. The molecule has 0 heterocycles. The van der Waals surface area contributed by atoms with Crippen LogP contribution in [0, 0.1) is 12.8 Å². The van der Waals surface area contributed by atoms with Crippen LogP contribution in [0.1, 0.15) is 36.1 Å². The second-order valence-corrected chi connectivity index (χ2v) is 10.1. The van der Waals surface area contributed by atoms with Crippen molar-refractivity contribution in [3.63, 3.8) is 0 Å². The number of hydrogen-bond donors (Lipinski definition) is 1. The zero-order chi connectivity index (χ0) is 25.4. The Morgan fingerprint density at radius 2 is 1.51 bits per heavy atom. The van der Waals surface area contributed by atoms with E-state index >= 15 is 0 Å². The van der Waals surface area contributed by atoms with Crippen LogP contribution in [-0.4, -0.2) is 29.3 Å². The summed E-state index contributed by atoms with van der Waals surface area (Å²) in [5, 5.41) is 3.90. The predicted molar refractivity (Wildman–Crippen MR) is 144 cm³/mol. The third-order valence-electron chi connectivity index (χ3n) is 5.77. The number of amides is 2. The first-order valence-corrected chi connectivity index (χ1v) is 12.6. The van der Waals surface area contributed by atoms with Gasteiger partial charge in [0.15, 0.2) is 0 Å². The second kappa shape index (κ2) is 12.8. The molecule has 3 rings (SSSR count). The Kier molecular flexibility index (Phi) is 9.76. The van der Waals surface area contributed by atoms with Crippen molar-refractivity contribution in [2.75, 3.05) is 6.54 Å². The zero-order valence-electron chi connectivity index (χ0n) is 20.4. The van der Waals surface area contributed by atoms with Gasteiger partial charge >= 0.3 is 0 Å². The van der Waals surface area contributed by atoms with Gasteiger partial charge in [0.25, 0.3) is 0 Å². The van der Waals surface area contributed by atoms with Crippen LogP contribution in [0.5, 0.6) is 0 Å². The molecule has 0 saturated heterocycles. The van der Waals surface area contributed by atoms with Crippen LogP contribution in [0.4, 0.5) is 0 Å². The van der Waals surface area contributed by atoms with Crippen LogP contribution in [0.2, 0.25) is 10.0 Å². The third kappa shape index (κ3) is 8.12. The lowest BCUT2D eigenvalue weighted by atomic mass is 10.0. The van der Waals surface area contributed by atoms with Crippen molar-refractivity contribution >= 4 is 35.0 Å². The lowest BCUT2D eigenvalue weighted by Gasteiger charge is -2.32. The fourth-order valence-electron chi connectivity index (χ4n) is 3.79. The Labute approximate surface area is 218 Å². The molecule has 1 N–H and O–H groups in total. The van der Waals surface area contributed by atoms with E-state index in [0.29, 0.717) is 28.9 Å². The highest BCUT2D eigenvalue weighted by Crippen LogP contribution is 2.24. The normalized spacial score (nSPS) is 11.8. The summed E-state index contributed by atoms with van der Waals surface area (Å²) in [5.74, 6) is 0.00327. The first-order chi connectivity index (χ1) is 16.7. The number of aryl methyl sites for hydroxylation is 1. The van der Waals surface area contributed by atoms with E-state index in [4.69, 9.17) is 23.2 Å². The standard InChI is InChI=1S/C29H32Cl2N2O2/c1-20(2)18-32-29(35)27(16-22-7-5-4-6-8-22)33(19-24-13-14-25(30)26(31)15-24)28(34)17-23-11-9-21(3)10-12-23/h4-15,20,27H,16-19H2,1-3H3,(H,32,35). The Morgan fingerprint density at radius 3 is 2.14 bits per heavy atom. The molecule has 4 nitrogen and oxygen atoms in total. The van der Waals surface area contributed by atoms with Gasteiger partial charge in [0, 0.05) is 19.5 Å². The molecule has 35 heavy (non-hydrogen) atoms. The van der Waals surface area contributed by atoms with E-state index < -0.39 is 6.04 Å². The maximum atomic E-state index is 13.7. The van der Waals surface area contributed by atoms with Gasteiger partial charge in [0.1, 0.15) is 6.04 Å². The fraction of sp³-hybridized carbons (Fsp3) is 0.310. The fourth-order valence-corrected chi connectivity index (χ4v) is 4.11. The highest BCUT2D eigenvalue weighted by atomic mass is 35.5. The molecular formula is C29H32Cl2N2O2. The molecule has 0 bridgehead atoms. The van der Waals surface area contributed by atoms with E-state index in [1.165, 1.54) is 0 Å². The minimum atomic E-state index is -0.677. The van der Waals surface area contributed by atoms with Crippen LogP contribution in [-0.2, 0) is 29.0 Å². The van der Waals surface area contributed by atoms with E-state index in [-0.39, 0.29) is 24.8 Å². The summed E-state index contributed by atoms with van der Waals surface area (Å²) < 4.78 is 0. The maximum absolute atomic E-state index is 13.7. The van der Waals surface area contributed by atoms with Crippen LogP contribution < -0.4 is 5.32 Å². The highest BCUT2D eigenvalue weighted by molar-refractivity contribution is 6.42. The average Bonchev–Trinajstić information content (AvgIpc) is 2.84. The molecule has 2 amide bonds. The van der Waals surface area contributed by atoms with Crippen molar-refractivity contribution < 1.29 is 9.59 Å². The van der Waals surface area contributed by atoms with E-state index in [2.05, 4.69) is 5.32 Å². The number of hydrogen-bond acceptors (Lipinski definition) is 2. The number of halogens is 2. The largest absolute Gasteiger partial charge is 0.354 e. The van der Waals surface area contributed by atoms with Gasteiger partial charge < -0.3 is 10.2 Å². The molecule has 0 aliphatic carbocycles. The molecule has 0 aliphatic rings. The number of nitrogens with zero attached hydrogens (tertiary/aromatic N) is 1. The van der Waals surface area contributed by atoms with Crippen molar-refractivity contribution in [3.05, 3.63) is 105 Å². The van der Waals surface area contributed by atoms with Gasteiger partial charge in [-0.3, -0.25) is 9.59 Å². The van der Waals surface area contributed by atoms with Gasteiger partial charge in [0.05, 0.1) is 16.5 Å². The van der Waals surface area contributed by atoms with Crippen LogP contribution >= 0.6 is 23.2 Å². The molecule has 0 spiro atoms. The van der Waals surface area contributed by atoms with E-state index in [1.54, 1.807) is 17.0 Å². The summed E-state index contributed by atoms with van der Waals surface area (Å²) >= 11 is 12.4. The number of carbonyl (C=O) groups excluding carboxylic acids is 2. The minimum absolute atomic E-state index is 0.124. The monoisotopic (exact) mass is 510 g/mol. The smallest absolute Gasteiger partial charge is 0.243 e. The number of benzene rings is 3. The maximum Gasteiger partial charge on any atom is 0.243 e. The van der Waals surface area contributed by atoms with Gasteiger partial charge in [-0.1, -0.05) is 103 Å². The van der Waals surface area contributed by atoms with Crippen LogP contribution in [0.15, 0.2) is 72.8 Å². The minimum Gasteiger partial charge on any atom is -0.354 e. The van der Waals surface area contributed by atoms with Crippen molar-refractivity contribution in [3.8, 4) is 0 Å². The lowest BCUT2D eigenvalue weighted by Crippen LogP contribution is -2.51. The van der Waals surface area contributed by atoms with Crippen molar-refractivity contribution in [1.82, 2.24) is 10.2 Å². The Balaban J connectivity index is 1.96.